The number of ketones is 1. The van der Waals surface area contributed by atoms with E-state index in [2.05, 4.69) is 24.3 Å². The van der Waals surface area contributed by atoms with E-state index < -0.39 is 5.41 Å². The summed E-state index contributed by atoms with van der Waals surface area (Å²) >= 11 is 0. The van der Waals surface area contributed by atoms with Crippen LogP contribution in [0.2, 0.25) is 0 Å². The highest BCUT2D eigenvalue weighted by molar-refractivity contribution is 6.09. The number of hydrogen-bond donors (Lipinski definition) is 0. The lowest BCUT2D eigenvalue weighted by molar-refractivity contribution is -0.117. The first-order valence-corrected chi connectivity index (χ1v) is 7.09. The number of benzene rings is 1. The number of ether oxygens (including phenoxy) is 1. The number of carbonyl (C=O) groups excluding carboxylic acids is 1. The quantitative estimate of drug-likeness (QED) is 0.838. The van der Waals surface area contributed by atoms with Crippen LogP contribution in [0, 0.1) is 11.3 Å². The fourth-order valence-electron chi connectivity index (χ4n) is 4.16. The molecule has 0 radical (unpaired) electrons. The van der Waals surface area contributed by atoms with E-state index in [-0.39, 0.29) is 17.1 Å². The van der Waals surface area contributed by atoms with Crippen molar-refractivity contribution in [2.45, 2.75) is 12.3 Å². The van der Waals surface area contributed by atoms with Gasteiger partial charge in [-0.1, -0.05) is 54.6 Å². The minimum absolute atomic E-state index is 0.174. The highest BCUT2D eigenvalue weighted by atomic mass is 16.5. The normalized spacial score (nSPS) is 36.4. The molecule has 0 aliphatic heterocycles. The zero-order valence-electron chi connectivity index (χ0n) is 11.4. The summed E-state index contributed by atoms with van der Waals surface area (Å²) in [6, 6.07) is 10.1. The standard InChI is InChI=1S/C18H16O2/c1-2-20-16-12-15(19)18(13-8-4-3-5-9-13)14-10-6-7-11-17(14,16)18/h3-12,14H,2H2,1H3. The summed E-state index contributed by atoms with van der Waals surface area (Å²) in [6.45, 7) is 2.56. The van der Waals surface area contributed by atoms with Crippen molar-refractivity contribution in [3.63, 3.8) is 0 Å². The molecular weight excluding hydrogens is 248 g/mol. The maximum Gasteiger partial charge on any atom is 0.171 e. The first kappa shape index (κ1) is 11.7. The van der Waals surface area contributed by atoms with Crippen LogP contribution < -0.4 is 0 Å². The smallest absolute Gasteiger partial charge is 0.171 e. The molecule has 0 amide bonds. The van der Waals surface area contributed by atoms with E-state index in [9.17, 15) is 4.79 Å². The van der Waals surface area contributed by atoms with Crippen molar-refractivity contribution in [2.24, 2.45) is 11.3 Å². The molecule has 2 nitrogen and oxygen atoms in total. The zero-order chi connectivity index (χ0) is 13.8. The van der Waals surface area contributed by atoms with Crippen LogP contribution >= 0.6 is 0 Å². The number of fused-ring (bicyclic) bond motifs is 1. The summed E-state index contributed by atoms with van der Waals surface area (Å²) in [5.74, 6) is 1.20. The van der Waals surface area contributed by atoms with Crippen molar-refractivity contribution in [3.05, 3.63) is 72.0 Å². The second-order valence-corrected chi connectivity index (χ2v) is 5.57. The van der Waals surface area contributed by atoms with Crippen LogP contribution in [0.25, 0.3) is 0 Å². The lowest BCUT2D eigenvalue weighted by Crippen LogP contribution is -2.22. The second kappa shape index (κ2) is 3.72. The molecule has 1 aromatic carbocycles. The van der Waals surface area contributed by atoms with E-state index in [1.807, 2.05) is 37.3 Å². The van der Waals surface area contributed by atoms with Gasteiger partial charge in [0.1, 0.15) is 5.76 Å². The fourth-order valence-corrected chi connectivity index (χ4v) is 4.16. The van der Waals surface area contributed by atoms with Gasteiger partial charge in [0.2, 0.25) is 0 Å². The van der Waals surface area contributed by atoms with Crippen LogP contribution in [0.15, 0.2) is 66.5 Å². The van der Waals surface area contributed by atoms with Gasteiger partial charge < -0.3 is 4.74 Å². The van der Waals surface area contributed by atoms with Gasteiger partial charge in [0.25, 0.3) is 0 Å². The van der Waals surface area contributed by atoms with Crippen molar-refractivity contribution in [1.29, 1.82) is 0 Å². The molecule has 100 valence electrons. The van der Waals surface area contributed by atoms with Gasteiger partial charge in [-0.15, -0.1) is 0 Å². The minimum Gasteiger partial charge on any atom is -0.497 e. The molecule has 3 atom stereocenters. The van der Waals surface area contributed by atoms with Crippen LogP contribution in [0.5, 0.6) is 0 Å². The Hall–Kier alpha value is -2.09. The summed E-state index contributed by atoms with van der Waals surface area (Å²) in [5, 5.41) is 0. The Bertz CT molecular complexity index is 668. The topological polar surface area (TPSA) is 26.3 Å². The van der Waals surface area contributed by atoms with Crippen LogP contribution in [-0.2, 0) is 14.9 Å². The van der Waals surface area contributed by atoms with Crippen molar-refractivity contribution in [1.82, 2.24) is 0 Å². The number of allylic oxidation sites excluding steroid dienone is 5. The summed E-state index contributed by atoms with van der Waals surface area (Å²) < 4.78 is 5.79. The minimum atomic E-state index is -0.470. The predicted molar refractivity (Wildman–Crippen MR) is 77.0 cm³/mol. The lowest BCUT2D eigenvalue weighted by atomic mass is 9.86. The summed E-state index contributed by atoms with van der Waals surface area (Å²) in [7, 11) is 0. The molecule has 0 aromatic heterocycles. The Balaban J connectivity index is 1.92. The third-order valence-electron chi connectivity index (χ3n) is 4.89. The second-order valence-electron chi connectivity index (χ2n) is 5.57. The molecule has 1 saturated carbocycles. The molecule has 0 N–H and O–H groups in total. The van der Waals surface area contributed by atoms with Gasteiger partial charge in [0.05, 0.1) is 17.4 Å². The Kier molecular flexibility index (Phi) is 2.18. The SMILES string of the molecule is CCOC1=CC(=O)C2(c3ccccc3)C3C=CC=CC132. The van der Waals surface area contributed by atoms with E-state index in [0.29, 0.717) is 6.61 Å². The first-order valence-electron chi connectivity index (χ1n) is 7.09. The Morgan fingerprint density at radius 1 is 1.20 bits per heavy atom. The van der Waals surface area contributed by atoms with Crippen molar-refractivity contribution >= 4 is 5.78 Å². The Labute approximate surface area is 118 Å². The largest absolute Gasteiger partial charge is 0.497 e. The van der Waals surface area contributed by atoms with Gasteiger partial charge in [0, 0.05) is 12.0 Å². The number of rotatable bonds is 3. The van der Waals surface area contributed by atoms with Crippen molar-refractivity contribution < 1.29 is 9.53 Å². The highest BCUT2D eigenvalue weighted by Gasteiger charge is 2.83. The predicted octanol–water partition coefficient (Wildman–Crippen LogP) is 3.17. The van der Waals surface area contributed by atoms with E-state index in [1.54, 1.807) is 6.08 Å². The summed E-state index contributed by atoms with van der Waals surface area (Å²) in [5.41, 5.74) is 0.343. The van der Waals surface area contributed by atoms with Crippen molar-refractivity contribution in [3.8, 4) is 0 Å². The highest BCUT2D eigenvalue weighted by Crippen LogP contribution is 2.78. The zero-order valence-corrected chi connectivity index (χ0v) is 11.4. The lowest BCUT2D eigenvalue weighted by Gasteiger charge is -2.18. The molecule has 2 heteroatoms. The number of hydrogen-bond acceptors (Lipinski definition) is 2. The van der Waals surface area contributed by atoms with E-state index in [4.69, 9.17) is 4.74 Å². The molecule has 1 spiro atoms. The van der Waals surface area contributed by atoms with Crippen LogP contribution in [0.4, 0.5) is 0 Å². The van der Waals surface area contributed by atoms with Gasteiger partial charge in [-0.2, -0.15) is 0 Å². The van der Waals surface area contributed by atoms with Gasteiger partial charge in [0.15, 0.2) is 5.78 Å². The van der Waals surface area contributed by atoms with Gasteiger partial charge >= 0.3 is 0 Å². The van der Waals surface area contributed by atoms with Crippen LogP contribution in [0.3, 0.4) is 0 Å². The molecule has 0 bridgehead atoms. The van der Waals surface area contributed by atoms with E-state index >= 15 is 0 Å². The molecular formula is C18H16O2. The molecule has 3 aliphatic carbocycles. The molecule has 0 saturated heterocycles. The maximum absolute atomic E-state index is 12.8. The monoisotopic (exact) mass is 264 g/mol. The van der Waals surface area contributed by atoms with Crippen LogP contribution in [-0.4, -0.2) is 12.4 Å². The third kappa shape index (κ3) is 1.05. The van der Waals surface area contributed by atoms with E-state index in [0.717, 1.165) is 11.3 Å². The Morgan fingerprint density at radius 3 is 2.75 bits per heavy atom. The van der Waals surface area contributed by atoms with Crippen LogP contribution in [0.1, 0.15) is 12.5 Å². The molecule has 20 heavy (non-hydrogen) atoms. The van der Waals surface area contributed by atoms with Gasteiger partial charge in [-0.25, -0.2) is 0 Å². The average Bonchev–Trinajstić information content (AvgIpc) is 3.06. The molecule has 1 fully saturated rings. The Morgan fingerprint density at radius 2 is 2.00 bits per heavy atom. The van der Waals surface area contributed by atoms with E-state index in [1.165, 1.54) is 0 Å². The number of carbonyl (C=O) groups is 1. The molecule has 0 heterocycles. The van der Waals surface area contributed by atoms with Gasteiger partial charge in [-0.3, -0.25) is 4.79 Å². The molecule has 3 aliphatic rings. The molecule has 3 unspecified atom stereocenters. The molecule has 4 rings (SSSR count). The summed E-state index contributed by atoms with van der Waals surface area (Å²) in [6.07, 6.45) is 10.1. The first-order chi connectivity index (χ1) is 9.78. The maximum atomic E-state index is 12.8. The third-order valence-corrected chi connectivity index (χ3v) is 4.89. The molecule has 1 aromatic rings. The fraction of sp³-hybridized carbons (Fsp3) is 0.278. The summed E-state index contributed by atoms with van der Waals surface area (Å²) in [4.78, 5) is 12.8. The average molecular weight is 264 g/mol. The van der Waals surface area contributed by atoms with Gasteiger partial charge in [-0.05, 0) is 12.5 Å². The van der Waals surface area contributed by atoms with Crippen molar-refractivity contribution in [2.75, 3.05) is 6.61 Å².